The van der Waals surface area contributed by atoms with Crippen LogP contribution in [0.5, 0.6) is 0 Å². The van der Waals surface area contributed by atoms with Crippen molar-refractivity contribution in [3.63, 3.8) is 0 Å². The van der Waals surface area contributed by atoms with Crippen molar-refractivity contribution in [1.82, 2.24) is 10.2 Å². The van der Waals surface area contributed by atoms with Gasteiger partial charge in [-0.3, -0.25) is 4.90 Å². The van der Waals surface area contributed by atoms with Crippen LogP contribution in [0.1, 0.15) is 30.0 Å². The molecule has 1 aromatic carbocycles. The lowest BCUT2D eigenvalue weighted by atomic mass is 9.97. The van der Waals surface area contributed by atoms with Gasteiger partial charge in [0.2, 0.25) is 0 Å². The molecule has 0 amide bonds. The van der Waals surface area contributed by atoms with Crippen molar-refractivity contribution in [3.8, 4) is 0 Å². The number of hydrogen-bond donors (Lipinski definition) is 1. The van der Waals surface area contributed by atoms with E-state index in [0.717, 1.165) is 25.7 Å². The van der Waals surface area contributed by atoms with Gasteiger partial charge in [0.15, 0.2) is 0 Å². The van der Waals surface area contributed by atoms with E-state index in [-0.39, 0.29) is 6.10 Å². The summed E-state index contributed by atoms with van der Waals surface area (Å²) in [6, 6.07) is 10.0. The maximum Gasteiger partial charge on any atom is 0.0896 e. The molecule has 104 valence electrons. The van der Waals surface area contributed by atoms with E-state index >= 15 is 0 Å². The minimum absolute atomic E-state index is 0.266. The predicted molar refractivity (Wildman–Crippen MR) is 77.3 cm³/mol. The molecular formula is C16H24N2O. The van der Waals surface area contributed by atoms with Gasteiger partial charge in [0, 0.05) is 19.1 Å². The Morgan fingerprint density at radius 3 is 2.68 bits per heavy atom. The summed E-state index contributed by atoms with van der Waals surface area (Å²) in [5.41, 5.74) is 2.69. The van der Waals surface area contributed by atoms with Gasteiger partial charge in [-0.05, 0) is 32.4 Å². The zero-order valence-corrected chi connectivity index (χ0v) is 11.9. The number of likely N-dealkylation sites (N-methyl/N-ethyl adjacent to an activating group) is 1. The molecule has 1 heterocycles. The van der Waals surface area contributed by atoms with Crippen LogP contribution in [0.25, 0.3) is 0 Å². The number of nitrogens with one attached hydrogen (secondary N) is 1. The molecular weight excluding hydrogens is 236 g/mol. The Labute approximate surface area is 115 Å². The van der Waals surface area contributed by atoms with Gasteiger partial charge in [-0.1, -0.05) is 29.8 Å². The van der Waals surface area contributed by atoms with Gasteiger partial charge in [-0.25, -0.2) is 0 Å². The Morgan fingerprint density at radius 2 is 2.00 bits per heavy atom. The largest absolute Gasteiger partial charge is 0.374 e. The van der Waals surface area contributed by atoms with Gasteiger partial charge in [0.1, 0.15) is 0 Å². The first-order chi connectivity index (χ1) is 9.24. The summed E-state index contributed by atoms with van der Waals surface area (Å²) in [6.07, 6.45) is 2.93. The van der Waals surface area contributed by atoms with E-state index in [2.05, 4.69) is 48.5 Å². The smallest absolute Gasteiger partial charge is 0.0896 e. The van der Waals surface area contributed by atoms with Crippen LogP contribution < -0.4 is 5.32 Å². The molecule has 0 aromatic heterocycles. The summed E-state index contributed by atoms with van der Waals surface area (Å²) < 4.78 is 6.02. The van der Waals surface area contributed by atoms with Gasteiger partial charge in [-0.2, -0.15) is 0 Å². The third kappa shape index (κ3) is 3.16. The first-order valence-corrected chi connectivity index (χ1v) is 7.36. The molecule has 0 bridgehead atoms. The first-order valence-electron chi connectivity index (χ1n) is 7.36. The lowest BCUT2D eigenvalue weighted by Gasteiger charge is -2.39. The second-order valence-corrected chi connectivity index (χ2v) is 5.93. The molecule has 1 saturated heterocycles. The molecule has 0 radical (unpaired) electrons. The number of rotatable bonds is 4. The summed E-state index contributed by atoms with van der Waals surface area (Å²) in [7, 11) is 2.21. The van der Waals surface area contributed by atoms with E-state index in [1.807, 2.05) is 0 Å². The highest BCUT2D eigenvalue weighted by Crippen LogP contribution is 2.29. The first kappa shape index (κ1) is 13.1. The maximum atomic E-state index is 6.02. The second kappa shape index (κ2) is 5.61. The quantitative estimate of drug-likeness (QED) is 0.897. The highest BCUT2D eigenvalue weighted by Gasteiger charge is 2.32. The lowest BCUT2D eigenvalue weighted by Crippen LogP contribution is -2.47. The molecule has 1 aliphatic heterocycles. The molecule has 3 rings (SSSR count). The van der Waals surface area contributed by atoms with Crippen molar-refractivity contribution in [3.05, 3.63) is 35.4 Å². The average Bonchev–Trinajstić information content (AvgIpc) is 3.22. The number of ether oxygens (including phenoxy) is 1. The van der Waals surface area contributed by atoms with E-state index in [0.29, 0.717) is 6.04 Å². The Morgan fingerprint density at radius 1 is 1.26 bits per heavy atom. The van der Waals surface area contributed by atoms with Crippen LogP contribution >= 0.6 is 0 Å². The molecule has 19 heavy (non-hydrogen) atoms. The Balaban J connectivity index is 1.73. The fourth-order valence-corrected chi connectivity index (χ4v) is 2.84. The highest BCUT2D eigenvalue weighted by molar-refractivity contribution is 5.25. The maximum absolute atomic E-state index is 6.02. The predicted octanol–water partition coefficient (Wildman–Crippen LogP) is 2.12. The van der Waals surface area contributed by atoms with Crippen LogP contribution in [-0.2, 0) is 4.74 Å². The van der Waals surface area contributed by atoms with Crippen LogP contribution in [0.15, 0.2) is 24.3 Å². The summed E-state index contributed by atoms with van der Waals surface area (Å²) >= 11 is 0. The van der Waals surface area contributed by atoms with Crippen molar-refractivity contribution in [2.24, 2.45) is 0 Å². The minimum atomic E-state index is 0.266. The van der Waals surface area contributed by atoms with Crippen molar-refractivity contribution in [2.45, 2.75) is 38.0 Å². The molecule has 3 nitrogen and oxygen atoms in total. The van der Waals surface area contributed by atoms with Crippen LogP contribution in [-0.4, -0.2) is 43.8 Å². The molecule has 1 N–H and O–H groups in total. The van der Waals surface area contributed by atoms with Crippen LogP contribution in [0.4, 0.5) is 0 Å². The van der Waals surface area contributed by atoms with Crippen LogP contribution in [0.2, 0.25) is 0 Å². The lowest BCUT2D eigenvalue weighted by molar-refractivity contribution is -0.0615. The molecule has 3 heteroatoms. The molecule has 2 fully saturated rings. The second-order valence-electron chi connectivity index (χ2n) is 5.93. The van der Waals surface area contributed by atoms with Crippen molar-refractivity contribution >= 4 is 0 Å². The van der Waals surface area contributed by atoms with Gasteiger partial charge < -0.3 is 10.1 Å². The fraction of sp³-hybridized carbons (Fsp3) is 0.625. The molecule has 2 unspecified atom stereocenters. The Hall–Kier alpha value is -0.900. The SMILES string of the molecule is Cc1ccc(C2C(CNC3CC3)OCCN2C)cc1. The van der Waals surface area contributed by atoms with Crippen molar-refractivity contribution < 1.29 is 4.74 Å². The fourth-order valence-electron chi connectivity index (χ4n) is 2.84. The number of morpholine rings is 1. The van der Waals surface area contributed by atoms with E-state index in [1.54, 1.807) is 0 Å². The highest BCUT2D eigenvalue weighted by atomic mass is 16.5. The number of hydrogen-bond acceptors (Lipinski definition) is 3. The third-order valence-corrected chi connectivity index (χ3v) is 4.21. The summed E-state index contributed by atoms with van der Waals surface area (Å²) in [6.45, 7) is 4.96. The topological polar surface area (TPSA) is 24.5 Å². The van der Waals surface area contributed by atoms with Gasteiger partial charge in [0.05, 0.1) is 18.8 Å². The zero-order valence-electron chi connectivity index (χ0n) is 11.9. The normalized spacial score (nSPS) is 28.5. The van der Waals surface area contributed by atoms with Crippen molar-refractivity contribution in [2.75, 3.05) is 26.7 Å². The van der Waals surface area contributed by atoms with Gasteiger partial charge >= 0.3 is 0 Å². The Bertz CT molecular complexity index is 413. The van der Waals surface area contributed by atoms with Gasteiger partial charge in [0.25, 0.3) is 0 Å². The summed E-state index contributed by atoms with van der Waals surface area (Å²) in [5.74, 6) is 0. The third-order valence-electron chi connectivity index (χ3n) is 4.21. The van der Waals surface area contributed by atoms with Crippen LogP contribution in [0.3, 0.4) is 0 Å². The standard InChI is InChI=1S/C16H24N2O/c1-12-3-5-13(6-4-12)16-15(11-17-14-7-8-14)19-10-9-18(16)2/h3-6,14-17H,7-11H2,1-2H3. The molecule has 1 aromatic rings. The molecule has 1 aliphatic carbocycles. The summed E-state index contributed by atoms with van der Waals surface area (Å²) in [5, 5.41) is 3.61. The molecule has 0 spiro atoms. The van der Waals surface area contributed by atoms with E-state index in [9.17, 15) is 0 Å². The van der Waals surface area contributed by atoms with Crippen molar-refractivity contribution in [1.29, 1.82) is 0 Å². The molecule has 2 atom stereocenters. The average molecular weight is 260 g/mol. The number of aryl methyl sites for hydroxylation is 1. The molecule has 2 aliphatic rings. The number of benzene rings is 1. The Kier molecular flexibility index (Phi) is 3.87. The molecule has 1 saturated carbocycles. The van der Waals surface area contributed by atoms with Crippen LogP contribution in [0, 0.1) is 6.92 Å². The van der Waals surface area contributed by atoms with E-state index < -0.39 is 0 Å². The minimum Gasteiger partial charge on any atom is -0.374 e. The van der Waals surface area contributed by atoms with E-state index in [1.165, 1.54) is 24.0 Å². The van der Waals surface area contributed by atoms with Gasteiger partial charge in [-0.15, -0.1) is 0 Å². The number of nitrogens with zero attached hydrogens (tertiary/aromatic N) is 1. The summed E-state index contributed by atoms with van der Waals surface area (Å²) in [4.78, 5) is 2.42. The monoisotopic (exact) mass is 260 g/mol. The van der Waals surface area contributed by atoms with E-state index in [4.69, 9.17) is 4.74 Å². The zero-order chi connectivity index (χ0) is 13.2.